The van der Waals surface area contributed by atoms with Gasteiger partial charge in [0.05, 0.1) is 12.5 Å². The van der Waals surface area contributed by atoms with Crippen molar-refractivity contribution in [2.24, 2.45) is 7.05 Å². The zero-order valence-electron chi connectivity index (χ0n) is 11.8. The van der Waals surface area contributed by atoms with E-state index in [-0.39, 0.29) is 0 Å². The minimum absolute atomic E-state index is 0.839. The SMILES string of the molecule is C[n+]1c(/C=C/c2ccco2)cccc1/C=C/c1ccco1. The molecule has 0 amide bonds. The lowest BCUT2D eigenvalue weighted by atomic mass is 10.2. The highest BCUT2D eigenvalue weighted by atomic mass is 16.3. The fraction of sp³-hybridized carbons (Fsp3) is 0.0556. The molecule has 0 bridgehead atoms. The second-order valence-corrected chi connectivity index (χ2v) is 4.63. The number of furan rings is 2. The zero-order valence-corrected chi connectivity index (χ0v) is 11.8. The molecule has 3 aromatic rings. The van der Waals surface area contributed by atoms with E-state index in [2.05, 4.69) is 16.7 Å². The maximum Gasteiger partial charge on any atom is 0.205 e. The predicted molar refractivity (Wildman–Crippen MR) is 82.9 cm³/mol. The molecule has 0 unspecified atom stereocenters. The molecule has 0 aromatic carbocycles. The van der Waals surface area contributed by atoms with Crippen LogP contribution < -0.4 is 4.57 Å². The quantitative estimate of drug-likeness (QED) is 0.674. The number of hydrogen-bond acceptors (Lipinski definition) is 2. The van der Waals surface area contributed by atoms with Crippen LogP contribution >= 0.6 is 0 Å². The Balaban J connectivity index is 1.85. The smallest absolute Gasteiger partial charge is 0.205 e. The van der Waals surface area contributed by atoms with E-state index in [0.717, 1.165) is 22.9 Å². The first-order valence-corrected chi connectivity index (χ1v) is 6.75. The van der Waals surface area contributed by atoms with Gasteiger partial charge in [-0.25, -0.2) is 0 Å². The summed E-state index contributed by atoms with van der Waals surface area (Å²) >= 11 is 0. The highest BCUT2D eigenvalue weighted by Gasteiger charge is 2.07. The number of aromatic nitrogens is 1. The first-order chi connectivity index (χ1) is 10.3. The Morgan fingerprint density at radius 2 is 1.24 bits per heavy atom. The second kappa shape index (κ2) is 6.09. The molecule has 0 saturated heterocycles. The van der Waals surface area contributed by atoms with Crippen LogP contribution in [0.25, 0.3) is 24.3 Å². The van der Waals surface area contributed by atoms with E-state index in [9.17, 15) is 0 Å². The van der Waals surface area contributed by atoms with Crippen molar-refractivity contribution in [1.29, 1.82) is 0 Å². The molecule has 0 N–H and O–H groups in total. The van der Waals surface area contributed by atoms with E-state index >= 15 is 0 Å². The highest BCUT2D eigenvalue weighted by molar-refractivity contribution is 5.66. The molecular formula is C18H16NO2+. The third-order valence-corrected chi connectivity index (χ3v) is 3.23. The Morgan fingerprint density at radius 1 is 0.714 bits per heavy atom. The van der Waals surface area contributed by atoms with Gasteiger partial charge >= 0.3 is 0 Å². The summed E-state index contributed by atoms with van der Waals surface area (Å²) in [6.45, 7) is 0. The lowest BCUT2D eigenvalue weighted by Gasteiger charge is -1.98. The molecule has 0 saturated carbocycles. The summed E-state index contributed by atoms with van der Waals surface area (Å²) < 4.78 is 12.7. The first kappa shape index (κ1) is 13.2. The van der Waals surface area contributed by atoms with Crippen molar-refractivity contribution >= 4 is 24.3 Å². The van der Waals surface area contributed by atoms with Crippen molar-refractivity contribution in [3.63, 3.8) is 0 Å². The summed E-state index contributed by atoms with van der Waals surface area (Å²) in [5.74, 6) is 1.68. The van der Waals surface area contributed by atoms with Crippen molar-refractivity contribution in [2.75, 3.05) is 0 Å². The fourth-order valence-electron chi connectivity index (χ4n) is 2.06. The average Bonchev–Trinajstić information content (AvgIpc) is 3.18. The molecule has 21 heavy (non-hydrogen) atoms. The summed E-state index contributed by atoms with van der Waals surface area (Å²) in [4.78, 5) is 0. The fourth-order valence-corrected chi connectivity index (χ4v) is 2.06. The molecule has 3 rings (SSSR count). The zero-order chi connectivity index (χ0) is 14.5. The maximum absolute atomic E-state index is 5.30. The molecule has 3 nitrogen and oxygen atoms in total. The van der Waals surface area contributed by atoms with Crippen molar-refractivity contribution in [3.05, 3.63) is 77.9 Å². The van der Waals surface area contributed by atoms with Crippen LogP contribution in [-0.4, -0.2) is 0 Å². The van der Waals surface area contributed by atoms with Gasteiger partial charge in [-0.3, -0.25) is 0 Å². The van der Waals surface area contributed by atoms with Crippen LogP contribution in [0.2, 0.25) is 0 Å². The monoisotopic (exact) mass is 278 g/mol. The third kappa shape index (κ3) is 3.20. The topological polar surface area (TPSA) is 30.2 Å². The summed E-state index contributed by atoms with van der Waals surface area (Å²) in [5, 5.41) is 0. The number of rotatable bonds is 4. The van der Waals surface area contributed by atoms with Crippen LogP contribution in [0.15, 0.2) is 63.8 Å². The van der Waals surface area contributed by atoms with E-state index in [1.54, 1.807) is 12.5 Å². The third-order valence-electron chi connectivity index (χ3n) is 3.23. The van der Waals surface area contributed by atoms with E-state index in [1.165, 1.54) is 0 Å². The Kier molecular flexibility index (Phi) is 3.83. The molecular weight excluding hydrogens is 262 g/mol. The minimum atomic E-state index is 0.839. The summed E-state index contributed by atoms with van der Waals surface area (Å²) in [7, 11) is 2.03. The largest absolute Gasteiger partial charge is 0.465 e. The predicted octanol–water partition coefficient (Wildman–Crippen LogP) is 4.04. The van der Waals surface area contributed by atoms with Gasteiger partial charge in [-0.1, -0.05) is 0 Å². The van der Waals surface area contributed by atoms with Gasteiger partial charge in [0, 0.05) is 24.3 Å². The number of pyridine rings is 1. The Labute approximate surface area is 123 Å². The van der Waals surface area contributed by atoms with Gasteiger partial charge in [0.1, 0.15) is 18.6 Å². The number of hydrogen-bond donors (Lipinski definition) is 0. The number of nitrogens with zero attached hydrogens (tertiary/aromatic N) is 1. The van der Waals surface area contributed by atoms with Gasteiger partial charge in [0.2, 0.25) is 11.4 Å². The van der Waals surface area contributed by atoms with Crippen molar-refractivity contribution in [3.8, 4) is 0 Å². The van der Waals surface area contributed by atoms with E-state index in [0.29, 0.717) is 0 Å². The van der Waals surface area contributed by atoms with Crippen molar-refractivity contribution < 1.29 is 13.4 Å². The van der Waals surface area contributed by atoms with Gasteiger partial charge in [-0.15, -0.1) is 0 Å². The summed E-state index contributed by atoms with van der Waals surface area (Å²) in [5.41, 5.74) is 2.18. The van der Waals surface area contributed by atoms with Crippen LogP contribution in [-0.2, 0) is 7.05 Å². The molecule has 0 fully saturated rings. The first-order valence-electron chi connectivity index (χ1n) is 6.75. The van der Waals surface area contributed by atoms with Crippen molar-refractivity contribution in [2.45, 2.75) is 0 Å². The van der Waals surface area contributed by atoms with E-state index < -0.39 is 0 Å². The molecule has 3 heterocycles. The minimum Gasteiger partial charge on any atom is -0.465 e. The second-order valence-electron chi connectivity index (χ2n) is 4.63. The van der Waals surface area contributed by atoms with Crippen LogP contribution in [0.5, 0.6) is 0 Å². The van der Waals surface area contributed by atoms with Gasteiger partial charge in [-0.2, -0.15) is 4.57 Å². The lowest BCUT2D eigenvalue weighted by Crippen LogP contribution is -2.35. The van der Waals surface area contributed by atoms with Crippen LogP contribution in [0.1, 0.15) is 22.9 Å². The molecule has 0 aliphatic rings. The summed E-state index contributed by atoms with van der Waals surface area (Å²) in [6, 6.07) is 13.8. The van der Waals surface area contributed by atoms with Crippen LogP contribution in [0.4, 0.5) is 0 Å². The van der Waals surface area contributed by atoms with Crippen molar-refractivity contribution in [1.82, 2.24) is 0 Å². The van der Waals surface area contributed by atoms with Gasteiger partial charge in [0.25, 0.3) is 0 Å². The average molecular weight is 278 g/mol. The molecule has 0 aliphatic carbocycles. The molecule has 0 radical (unpaired) electrons. The van der Waals surface area contributed by atoms with E-state index in [1.807, 2.05) is 61.7 Å². The van der Waals surface area contributed by atoms with Crippen LogP contribution in [0.3, 0.4) is 0 Å². The maximum atomic E-state index is 5.30. The standard InChI is InChI=1S/C18H16NO2/c1-19-15(9-11-17-7-3-13-20-17)5-2-6-16(19)10-12-18-8-4-14-21-18/h2-14H,1H3/q+1/b11-9+,12-10+. The molecule has 104 valence electrons. The Morgan fingerprint density at radius 3 is 1.67 bits per heavy atom. The van der Waals surface area contributed by atoms with E-state index in [4.69, 9.17) is 8.83 Å². The molecule has 3 aromatic heterocycles. The molecule has 0 spiro atoms. The van der Waals surface area contributed by atoms with Gasteiger partial charge in [0.15, 0.2) is 0 Å². The normalized spacial score (nSPS) is 11.7. The highest BCUT2D eigenvalue weighted by Crippen LogP contribution is 2.09. The summed E-state index contributed by atoms with van der Waals surface area (Å²) in [6.07, 6.45) is 11.3. The van der Waals surface area contributed by atoms with Gasteiger partial charge in [-0.05, 0) is 42.5 Å². The molecule has 3 heteroatoms. The van der Waals surface area contributed by atoms with Gasteiger partial charge < -0.3 is 8.83 Å². The molecule has 0 aliphatic heterocycles. The molecule has 0 atom stereocenters. The van der Waals surface area contributed by atoms with Crippen LogP contribution in [0, 0.1) is 0 Å². The lowest BCUT2D eigenvalue weighted by molar-refractivity contribution is -0.675. The Bertz CT molecular complexity index is 688. The Hall–Kier alpha value is -2.81.